The molecule has 0 amide bonds. The summed E-state index contributed by atoms with van der Waals surface area (Å²) in [6.45, 7) is 0.0374. The summed E-state index contributed by atoms with van der Waals surface area (Å²) in [6, 6.07) is 4.85. The van der Waals surface area contributed by atoms with Gasteiger partial charge in [0.25, 0.3) is 10.1 Å². The van der Waals surface area contributed by atoms with Gasteiger partial charge in [0.2, 0.25) is 0 Å². The number of anilines is 1. The van der Waals surface area contributed by atoms with Crippen LogP contribution in [0.3, 0.4) is 0 Å². The summed E-state index contributed by atoms with van der Waals surface area (Å²) in [5.74, 6) is 0.0827. The van der Waals surface area contributed by atoms with Crippen molar-refractivity contribution in [1.29, 1.82) is 0 Å². The monoisotopic (exact) mass is 261 g/mol. The number of rotatable bonds is 6. The molecule has 1 aromatic carbocycles. The molecule has 0 unspecified atom stereocenters. The lowest BCUT2D eigenvalue weighted by Crippen LogP contribution is -2.09. The van der Waals surface area contributed by atoms with Crippen molar-refractivity contribution in [1.82, 2.24) is 0 Å². The van der Waals surface area contributed by atoms with Gasteiger partial charge in [-0.3, -0.25) is 4.55 Å². The molecule has 1 aromatic rings. The summed E-state index contributed by atoms with van der Waals surface area (Å²) in [5.41, 5.74) is 6.71. The van der Waals surface area contributed by atoms with E-state index in [-0.39, 0.29) is 25.4 Å². The van der Waals surface area contributed by atoms with Gasteiger partial charge in [-0.1, -0.05) is 6.07 Å². The molecule has 0 saturated carbocycles. The highest BCUT2D eigenvalue weighted by molar-refractivity contribution is 7.85. The molecule has 0 bridgehead atoms. The minimum Gasteiger partial charge on any atom is -0.491 e. The Bertz CT molecular complexity index is 472. The quantitative estimate of drug-likeness (QED) is 0.389. The van der Waals surface area contributed by atoms with E-state index in [4.69, 9.17) is 20.1 Å². The van der Waals surface area contributed by atoms with Crippen LogP contribution in [0.1, 0.15) is 12.0 Å². The fourth-order valence-corrected chi connectivity index (χ4v) is 1.73. The lowest BCUT2D eigenvalue weighted by molar-refractivity contribution is 0.281. The zero-order chi connectivity index (χ0) is 12.9. The summed E-state index contributed by atoms with van der Waals surface area (Å²) >= 11 is 0. The van der Waals surface area contributed by atoms with Gasteiger partial charge in [-0.05, 0) is 24.1 Å². The maximum Gasteiger partial charge on any atom is 0.264 e. The molecule has 0 saturated heterocycles. The van der Waals surface area contributed by atoms with Gasteiger partial charge in [-0.15, -0.1) is 0 Å². The average Bonchev–Trinajstić information content (AvgIpc) is 2.24. The molecule has 0 heterocycles. The number of aliphatic hydroxyl groups is 1. The number of nitrogens with two attached hydrogens (primary N) is 1. The second kappa shape index (κ2) is 5.85. The SMILES string of the molecule is Nc1cc(CO)ccc1OCCCS(=O)(=O)O. The number of benzene rings is 1. The zero-order valence-electron chi connectivity index (χ0n) is 9.17. The van der Waals surface area contributed by atoms with Crippen LogP contribution in [0.4, 0.5) is 5.69 Å². The van der Waals surface area contributed by atoms with E-state index in [2.05, 4.69) is 0 Å². The van der Waals surface area contributed by atoms with E-state index in [1.807, 2.05) is 0 Å². The third-order valence-corrected chi connectivity index (χ3v) is 2.87. The zero-order valence-corrected chi connectivity index (χ0v) is 9.98. The number of aliphatic hydroxyl groups excluding tert-OH is 1. The predicted molar refractivity (Wildman–Crippen MR) is 63.3 cm³/mol. The molecule has 4 N–H and O–H groups in total. The third kappa shape index (κ3) is 5.03. The van der Waals surface area contributed by atoms with E-state index in [1.165, 1.54) is 0 Å². The number of hydrogen-bond acceptors (Lipinski definition) is 5. The van der Waals surface area contributed by atoms with E-state index in [1.54, 1.807) is 18.2 Å². The highest BCUT2D eigenvalue weighted by Gasteiger charge is 2.05. The molecule has 7 heteroatoms. The third-order valence-electron chi connectivity index (χ3n) is 2.06. The van der Waals surface area contributed by atoms with Crippen LogP contribution in [-0.2, 0) is 16.7 Å². The topological polar surface area (TPSA) is 110 Å². The Kier molecular flexibility index (Phi) is 4.73. The Labute approximate surface area is 99.8 Å². The Morgan fingerprint density at radius 2 is 2.06 bits per heavy atom. The Balaban J connectivity index is 2.47. The standard InChI is InChI=1S/C10H15NO5S/c11-9-6-8(7-12)2-3-10(9)16-4-1-5-17(13,14)15/h2-3,6,12H,1,4-5,7,11H2,(H,13,14,15). The molecule has 6 nitrogen and oxygen atoms in total. The van der Waals surface area contributed by atoms with Crippen molar-refractivity contribution in [3.8, 4) is 5.75 Å². The average molecular weight is 261 g/mol. The molecule has 0 aliphatic heterocycles. The molecule has 0 aliphatic carbocycles. The van der Waals surface area contributed by atoms with Crippen LogP contribution in [0, 0.1) is 0 Å². The molecule has 1 rings (SSSR count). The van der Waals surface area contributed by atoms with Gasteiger partial charge >= 0.3 is 0 Å². The summed E-state index contributed by atoms with van der Waals surface area (Å²) < 4.78 is 34.6. The Hall–Kier alpha value is -1.31. The highest BCUT2D eigenvalue weighted by atomic mass is 32.2. The first-order valence-electron chi connectivity index (χ1n) is 4.99. The van der Waals surface area contributed by atoms with E-state index in [0.29, 0.717) is 17.0 Å². The maximum atomic E-state index is 10.4. The maximum absolute atomic E-state index is 10.4. The van der Waals surface area contributed by atoms with Crippen molar-refractivity contribution in [2.24, 2.45) is 0 Å². The predicted octanol–water partition coefficient (Wildman–Crippen LogP) is 0.418. The molecule has 0 spiro atoms. The van der Waals surface area contributed by atoms with Crippen LogP contribution >= 0.6 is 0 Å². The normalized spacial score (nSPS) is 11.4. The van der Waals surface area contributed by atoms with Crippen molar-refractivity contribution in [2.75, 3.05) is 18.1 Å². The second-order valence-electron chi connectivity index (χ2n) is 3.52. The molecule has 0 aromatic heterocycles. The smallest absolute Gasteiger partial charge is 0.264 e. The fourth-order valence-electron chi connectivity index (χ4n) is 1.25. The van der Waals surface area contributed by atoms with Gasteiger partial charge in [0.05, 0.1) is 24.7 Å². The lowest BCUT2D eigenvalue weighted by Gasteiger charge is -2.09. The fraction of sp³-hybridized carbons (Fsp3) is 0.400. The van der Waals surface area contributed by atoms with Crippen LogP contribution in [0.15, 0.2) is 18.2 Å². The van der Waals surface area contributed by atoms with Gasteiger partial charge in [-0.25, -0.2) is 0 Å². The van der Waals surface area contributed by atoms with E-state index in [9.17, 15) is 8.42 Å². The molecule has 96 valence electrons. The van der Waals surface area contributed by atoms with E-state index < -0.39 is 10.1 Å². The van der Waals surface area contributed by atoms with Gasteiger partial charge < -0.3 is 15.6 Å². The lowest BCUT2D eigenvalue weighted by atomic mass is 10.2. The minimum atomic E-state index is -3.94. The summed E-state index contributed by atoms with van der Waals surface area (Å²) in [4.78, 5) is 0. The molecule has 0 atom stereocenters. The largest absolute Gasteiger partial charge is 0.491 e. The van der Waals surface area contributed by atoms with Crippen LogP contribution in [0.25, 0.3) is 0 Å². The second-order valence-corrected chi connectivity index (χ2v) is 5.09. The Morgan fingerprint density at radius 3 is 2.59 bits per heavy atom. The van der Waals surface area contributed by atoms with Crippen molar-refractivity contribution < 1.29 is 22.8 Å². The highest BCUT2D eigenvalue weighted by Crippen LogP contribution is 2.22. The van der Waals surface area contributed by atoms with Gasteiger partial charge in [0.15, 0.2) is 0 Å². The number of nitrogen functional groups attached to an aromatic ring is 1. The molecule has 0 fully saturated rings. The molecular weight excluding hydrogens is 246 g/mol. The van der Waals surface area contributed by atoms with Crippen LogP contribution < -0.4 is 10.5 Å². The van der Waals surface area contributed by atoms with Crippen molar-refractivity contribution in [3.63, 3.8) is 0 Å². The number of ether oxygens (including phenoxy) is 1. The first kappa shape index (κ1) is 13.8. The molecular formula is C10H15NO5S. The van der Waals surface area contributed by atoms with Gasteiger partial charge in [-0.2, -0.15) is 8.42 Å². The first-order valence-corrected chi connectivity index (χ1v) is 6.60. The van der Waals surface area contributed by atoms with Crippen molar-refractivity contribution >= 4 is 15.8 Å². The van der Waals surface area contributed by atoms with Gasteiger partial charge in [0.1, 0.15) is 5.75 Å². The molecule has 0 radical (unpaired) electrons. The van der Waals surface area contributed by atoms with Crippen LogP contribution in [-0.4, -0.2) is 30.4 Å². The molecule has 0 aliphatic rings. The number of hydrogen-bond donors (Lipinski definition) is 3. The van der Waals surface area contributed by atoms with Crippen LogP contribution in [0.5, 0.6) is 5.75 Å². The first-order chi connectivity index (χ1) is 7.92. The summed E-state index contributed by atoms with van der Waals surface area (Å²) in [6.07, 6.45) is 0.181. The summed E-state index contributed by atoms with van der Waals surface area (Å²) in [5, 5.41) is 8.87. The van der Waals surface area contributed by atoms with E-state index >= 15 is 0 Å². The Morgan fingerprint density at radius 1 is 1.35 bits per heavy atom. The summed E-state index contributed by atoms with van der Waals surface area (Å²) in [7, 11) is -3.94. The van der Waals surface area contributed by atoms with E-state index in [0.717, 1.165) is 0 Å². The van der Waals surface area contributed by atoms with Gasteiger partial charge in [0, 0.05) is 0 Å². The van der Waals surface area contributed by atoms with Crippen LogP contribution in [0.2, 0.25) is 0 Å². The molecule has 17 heavy (non-hydrogen) atoms. The van der Waals surface area contributed by atoms with Crippen molar-refractivity contribution in [3.05, 3.63) is 23.8 Å². The van der Waals surface area contributed by atoms with Crippen molar-refractivity contribution in [2.45, 2.75) is 13.0 Å². The minimum absolute atomic E-state index is 0.104.